The highest BCUT2D eigenvalue weighted by atomic mass is 16.3. The van der Waals surface area contributed by atoms with Crippen LogP contribution in [0.25, 0.3) is 0 Å². The Bertz CT molecular complexity index is 291. The van der Waals surface area contributed by atoms with Crippen LogP contribution < -0.4 is 0 Å². The number of aliphatic hydroxyl groups excluding tert-OH is 1. The van der Waals surface area contributed by atoms with Crippen molar-refractivity contribution in [2.45, 2.75) is 46.6 Å². The zero-order valence-corrected chi connectivity index (χ0v) is 10.8. The van der Waals surface area contributed by atoms with Gasteiger partial charge in [0.2, 0.25) is 5.91 Å². The average Bonchev–Trinajstić information content (AvgIpc) is 3.01. The minimum atomic E-state index is 0.0792. The van der Waals surface area contributed by atoms with Gasteiger partial charge in [-0.3, -0.25) is 4.79 Å². The molecule has 3 heteroatoms. The van der Waals surface area contributed by atoms with Crippen molar-refractivity contribution in [3.05, 3.63) is 0 Å². The number of carbonyl (C=O) groups excluding carboxylic acids is 1. The van der Waals surface area contributed by atoms with Crippen molar-refractivity contribution >= 4 is 5.91 Å². The molecule has 0 aromatic heterocycles. The Morgan fingerprint density at radius 2 is 1.75 bits per heavy atom. The van der Waals surface area contributed by atoms with Gasteiger partial charge in [0.15, 0.2) is 0 Å². The lowest BCUT2D eigenvalue weighted by molar-refractivity contribution is -0.135. The molecule has 0 radical (unpaired) electrons. The second kappa shape index (κ2) is 3.46. The Kier molecular flexibility index (Phi) is 2.57. The van der Waals surface area contributed by atoms with E-state index in [1.807, 2.05) is 4.90 Å². The fourth-order valence-corrected chi connectivity index (χ4v) is 2.95. The summed E-state index contributed by atoms with van der Waals surface area (Å²) < 4.78 is 0. The van der Waals surface area contributed by atoms with Crippen LogP contribution in [0.15, 0.2) is 0 Å². The van der Waals surface area contributed by atoms with Gasteiger partial charge in [0.1, 0.15) is 0 Å². The first kappa shape index (κ1) is 11.9. The third-order valence-corrected chi connectivity index (χ3v) is 4.88. The van der Waals surface area contributed by atoms with E-state index in [0.29, 0.717) is 12.6 Å². The van der Waals surface area contributed by atoms with E-state index < -0.39 is 0 Å². The summed E-state index contributed by atoms with van der Waals surface area (Å²) in [5.74, 6) is 0.388. The minimum absolute atomic E-state index is 0.0792. The van der Waals surface area contributed by atoms with E-state index in [-0.39, 0.29) is 29.3 Å². The van der Waals surface area contributed by atoms with Gasteiger partial charge < -0.3 is 10.0 Å². The number of hydrogen-bond donors (Lipinski definition) is 1. The molecule has 92 valence electrons. The molecule has 1 amide bonds. The monoisotopic (exact) mass is 225 g/mol. The molecule has 0 aromatic rings. The lowest BCUT2D eigenvalue weighted by atomic mass is 10.0. The van der Waals surface area contributed by atoms with Crippen LogP contribution in [-0.2, 0) is 4.79 Å². The van der Waals surface area contributed by atoms with Gasteiger partial charge in [-0.25, -0.2) is 0 Å². The lowest BCUT2D eigenvalue weighted by Crippen LogP contribution is -2.37. The van der Waals surface area contributed by atoms with E-state index in [1.54, 1.807) is 0 Å². The molecule has 2 aliphatic carbocycles. The van der Waals surface area contributed by atoms with Crippen LogP contribution in [0, 0.1) is 16.7 Å². The SMILES string of the molecule is CC1(C)C(C(=O)N(CCO)C2CC2)C1(C)C. The molecule has 0 bridgehead atoms. The number of carbonyl (C=O) groups is 1. The molecule has 2 saturated carbocycles. The molecule has 0 heterocycles. The van der Waals surface area contributed by atoms with Gasteiger partial charge in [0, 0.05) is 18.5 Å². The van der Waals surface area contributed by atoms with Crippen LogP contribution in [0.3, 0.4) is 0 Å². The quantitative estimate of drug-likeness (QED) is 0.790. The standard InChI is InChI=1S/C13H23NO2/c1-12(2)10(13(12,3)4)11(16)14(7-8-15)9-5-6-9/h9-10,15H,5-8H2,1-4H3. The Hall–Kier alpha value is -0.570. The average molecular weight is 225 g/mol. The third-order valence-electron chi connectivity index (χ3n) is 4.88. The van der Waals surface area contributed by atoms with E-state index in [0.717, 1.165) is 12.8 Å². The van der Waals surface area contributed by atoms with Gasteiger partial charge in [-0.05, 0) is 23.7 Å². The summed E-state index contributed by atoms with van der Waals surface area (Å²) in [5.41, 5.74) is 0.208. The number of nitrogens with zero attached hydrogens (tertiary/aromatic N) is 1. The van der Waals surface area contributed by atoms with Crippen molar-refractivity contribution < 1.29 is 9.90 Å². The molecular weight excluding hydrogens is 202 g/mol. The van der Waals surface area contributed by atoms with Crippen molar-refractivity contribution in [1.82, 2.24) is 4.90 Å². The maximum Gasteiger partial charge on any atom is 0.227 e. The molecule has 0 spiro atoms. The zero-order valence-electron chi connectivity index (χ0n) is 10.8. The van der Waals surface area contributed by atoms with Crippen LogP contribution >= 0.6 is 0 Å². The Labute approximate surface area is 97.8 Å². The van der Waals surface area contributed by atoms with Gasteiger partial charge in [0.05, 0.1) is 6.61 Å². The molecule has 0 unspecified atom stereocenters. The summed E-state index contributed by atoms with van der Waals surface area (Å²) in [4.78, 5) is 14.3. The molecule has 2 aliphatic rings. The predicted molar refractivity (Wildman–Crippen MR) is 62.9 cm³/mol. The van der Waals surface area contributed by atoms with E-state index in [1.165, 1.54) is 0 Å². The second-order valence-electron chi connectivity index (χ2n) is 6.36. The summed E-state index contributed by atoms with van der Waals surface area (Å²) in [5, 5.41) is 9.03. The molecule has 0 saturated heterocycles. The van der Waals surface area contributed by atoms with Crippen LogP contribution in [-0.4, -0.2) is 35.1 Å². The molecule has 0 aromatic carbocycles. The van der Waals surface area contributed by atoms with Crippen molar-refractivity contribution in [3.63, 3.8) is 0 Å². The predicted octanol–water partition coefficient (Wildman–Crippen LogP) is 1.65. The van der Waals surface area contributed by atoms with Crippen LogP contribution in [0.5, 0.6) is 0 Å². The second-order valence-corrected chi connectivity index (χ2v) is 6.36. The Morgan fingerprint density at radius 1 is 1.25 bits per heavy atom. The van der Waals surface area contributed by atoms with E-state index in [9.17, 15) is 4.79 Å². The van der Waals surface area contributed by atoms with Crippen molar-refractivity contribution in [2.75, 3.05) is 13.2 Å². The largest absolute Gasteiger partial charge is 0.395 e. The van der Waals surface area contributed by atoms with E-state index in [4.69, 9.17) is 5.11 Å². The number of aliphatic hydroxyl groups is 1. The first-order valence-corrected chi connectivity index (χ1v) is 6.25. The fourth-order valence-electron chi connectivity index (χ4n) is 2.95. The van der Waals surface area contributed by atoms with Crippen molar-refractivity contribution in [1.29, 1.82) is 0 Å². The fraction of sp³-hybridized carbons (Fsp3) is 0.923. The van der Waals surface area contributed by atoms with Crippen LogP contribution in [0.1, 0.15) is 40.5 Å². The molecule has 0 aliphatic heterocycles. The van der Waals surface area contributed by atoms with Crippen LogP contribution in [0.2, 0.25) is 0 Å². The summed E-state index contributed by atoms with van der Waals surface area (Å²) in [7, 11) is 0. The smallest absolute Gasteiger partial charge is 0.227 e. The lowest BCUT2D eigenvalue weighted by Gasteiger charge is -2.22. The maximum absolute atomic E-state index is 12.4. The number of hydrogen-bond acceptors (Lipinski definition) is 2. The highest BCUT2D eigenvalue weighted by Gasteiger charge is 2.69. The summed E-state index contributed by atoms with van der Waals surface area (Å²) in [6, 6.07) is 0.409. The molecule has 2 fully saturated rings. The van der Waals surface area contributed by atoms with Gasteiger partial charge >= 0.3 is 0 Å². The molecule has 1 N–H and O–H groups in total. The zero-order chi connectivity index (χ0) is 12.1. The van der Waals surface area contributed by atoms with Crippen molar-refractivity contribution in [2.24, 2.45) is 16.7 Å². The number of rotatable bonds is 4. The van der Waals surface area contributed by atoms with Crippen molar-refractivity contribution in [3.8, 4) is 0 Å². The molecule has 2 rings (SSSR count). The summed E-state index contributed by atoms with van der Waals surface area (Å²) >= 11 is 0. The Balaban J connectivity index is 2.07. The summed E-state index contributed by atoms with van der Waals surface area (Å²) in [6.07, 6.45) is 2.22. The first-order chi connectivity index (χ1) is 7.34. The molecule has 0 atom stereocenters. The summed E-state index contributed by atoms with van der Waals surface area (Å²) in [6.45, 7) is 9.25. The maximum atomic E-state index is 12.4. The first-order valence-electron chi connectivity index (χ1n) is 6.25. The minimum Gasteiger partial charge on any atom is -0.395 e. The third kappa shape index (κ3) is 1.56. The van der Waals surface area contributed by atoms with Gasteiger partial charge in [0.25, 0.3) is 0 Å². The van der Waals surface area contributed by atoms with Gasteiger partial charge in [-0.15, -0.1) is 0 Å². The molecular formula is C13H23NO2. The van der Waals surface area contributed by atoms with E-state index in [2.05, 4.69) is 27.7 Å². The highest BCUT2D eigenvalue weighted by molar-refractivity contribution is 5.84. The topological polar surface area (TPSA) is 40.5 Å². The van der Waals surface area contributed by atoms with Gasteiger partial charge in [-0.1, -0.05) is 27.7 Å². The van der Waals surface area contributed by atoms with Crippen LogP contribution in [0.4, 0.5) is 0 Å². The van der Waals surface area contributed by atoms with Gasteiger partial charge in [-0.2, -0.15) is 0 Å². The highest BCUT2D eigenvalue weighted by Crippen LogP contribution is 2.69. The Morgan fingerprint density at radius 3 is 2.06 bits per heavy atom. The van der Waals surface area contributed by atoms with E-state index >= 15 is 0 Å². The normalized spacial score (nSPS) is 26.6. The molecule has 16 heavy (non-hydrogen) atoms. The number of amides is 1. The molecule has 3 nitrogen and oxygen atoms in total.